The lowest BCUT2D eigenvalue weighted by atomic mass is 10.2. The van der Waals surface area contributed by atoms with Crippen molar-refractivity contribution in [2.75, 3.05) is 26.2 Å². The van der Waals surface area contributed by atoms with Crippen LogP contribution in [-0.4, -0.2) is 54.7 Å². The van der Waals surface area contributed by atoms with Crippen molar-refractivity contribution < 1.29 is 26.7 Å². The molecule has 4 rings (SSSR count). The van der Waals surface area contributed by atoms with Crippen molar-refractivity contribution in [3.05, 3.63) is 84.1 Å². The Bertz CT molecular complexity index is 1230. The first-order valence-electron chi connectivity index (χ1n) is 9.78. The molecule has 0 atom stereocenters. The largest absolute Gasteiger partial charge is 0.438 e. The molecule has 0 N–H and O–H groups in total. The number of halogens is 2. The lowest BCUT2D eigenvalue weighted by molar-refractivity contribution is 0.0694. The van der Waals surface area contributed by atoms with E-state index < -0.39 is 26.6 Å². The molecule has 7 nitrogen and oxygen atoms in total. The highest BCUT2D eigenvalue weighted by molar-refractivity contribution is 7.89. The van der Waals surface area contributed by atoms with Gasteiger partial charge in [0.05, 0.1) is 0 Å². The number of amides is 1. The Morgan fingerprint density at radius 3 is 2.34 bits per heavy atom. The molecule has 2 heterocycles. The molecule has 1 amide bonds. The molecular formula is C22H19F2N3O4S. The van der Waals surface area contributed by atoms with Crippen LogP contribution in [0.3, 0.4) is 0 Å². The predicted octanol–water partition coefficient (Wildman–Crippen LogP) is 3.30. The van der Waals surface area contributed by atoms with Crippen molar-refractivity contribution in [2.45, 2.75) is 4.90 Å². The predicted molar refractivity (Wildman–Crippen MR) is 112 cm³/mol. The van der Waals surface area contributed by atoms with Crippen LogP contribution in [0.1, 0.15) is 10.4 Å². The summed E-state index contributed by atoms with van der Waals surface area (Å²) >= 11 is 0. The standard InChI is InChI=1S/C22H19F2N3O4S/c23-16-8-9-20(19(24)15-16)32(29,30)27-13-11-26(12-14-27)22(28)18-7-4-10-25-21(18)31-17-5-2-1-3-6-17/h1-10,15H,11-14H2. The van der Waals surface area contributed by atoms with Crippen molar-refractivity contribution in [2.24, 2.45) is 0 Å². The minimum absolute atomic E-state index is 0.0278. The number of nitrogens with zero attached hydrogens (tertiary/aromatic N) is 3. The van der Waals surface area contributed by atoms with Crippen LogP contribution in [0.4, 0.5) is 8.78 Å². The molecule has 1 aliphatic rings. The number of rotatable bonds is 5. The first-order chi connectivity index (χ1) is 15.4. The van der Waals surface area contributed by atoms with Gasteiger partial charge in [-0.15, -0.1) is 0 Å². The number of aromatic nitrogens is 1. The third kappa shape index (κ3) is 4.46. The first kappa shape index (κ1) is 21.8. The number of sulfonamides is 1. The molecule has 32 heavy (non-hydrogen) atoms. The Balaban J connectivity index is 1.48. The van der Waals surface area contributed by atoms with Gasteiger partial charge >= 0.3 is 0 Å². The second kappa shape index (κ2) is 9.01. The molecule has 0 aliphatic carbocycles. The van der Waals surface area contributed by atoms with E-state index in [0.717, 1.165) is 16.4 Å². The molecule has 1 saturated heterocycles. The second-order valence-corrected chi connectivity index (χ2v) is 8.95. The van der Waals surface area contributed by atoms with E-state index in [9.17, 15) is 22.0 Å². The number of ether oxygens (including phenoxy) is 1. The summed E-state index contributed by atoms with van der Waals surface area (Å²) in [6.45, 7) is 0.140. The summed E-state index contributed by atoms with van der Waals surface area (Å²) in [6.07, 6.45) is 1.51. The Morgan fingerprint density at radius 1 is 0.938 bits per heavy atom. The Morgan fingerprint density at radius 2 is 1.66 bits per heavy atom. The zero-order valence-corrected chi connectivity index (χ0v) is 17.6. The highest BCUT2D eigenvalue weighted by Gasteiger charge is 2.33. The van der Waals surface area contributed by atoms with Crippen LogP contribution in [0.2, 0.25) is 0 Å². The average molecular weight is 459 g/mol. The molecule has 0 saturated carbocycles. The molecule has 1 aromatic heterocycles. The third-order valence-corrected chi connectivity index (χ3v) is 6.93. The number of carbonyl (C=O) groups excluding carboxylic acids is 1. The summed E-state index contributed by atoms with van der Waals surface area (Å²) in [7, 11) is -4.16. The van der Waals surface area contributed by atoms with Crippen LogP contribution in [0.5, 0.6) is 11.6 Å². The number of hydrogen-bond acceptors (Lipinski definition) is 5. The molecule has 0 bridgehead atoms. The van der Waals surface area contributed by atoms with E-state index in [1.54, 1.807) is 36.4 Å². The lowest BCUT2D eigenvalue weighted by Gasteiger charge is -2.34. The first-order valence-corrected chi connectivity index (χ1v) is 11.2. The van der Waals surface area contributed by atoms with Gasteiger partial charge in [0, 0.05) is 38.4 Å². The smallest absolute Gasteiger partial charge is 0.259 e. The van der Waals surface area contributed by atoms with Gasteiger partial charge in [-0.2, -0.15) is 4.31 Å². The van der Waals surface area contributed by atoms with Crippen molar-refractivity contribution in [1.29, 1.82) is 0 Å². The minimum atomic E-state index is -4.16. The number of hydrogen-bond donors (Lipinski definition) is 0. The van der Waals surface area contributed by atoms with Crippen molar-refractivity contribution >= 4 is 15.9 Å². The molecule has 1 fully saturated rings. The van der Waals surface area contributed by atoms with Gasteiger partial charge in [0.15, 0.2) is 0 Å². The van der Waals surface area contributed by atoms with Gasteiger partial charge < -0.3 is 9.64 Å². The van der Waals surface area contributed by atoms with Gasteiger partial charge in [0.25, 0.3) is 5.91 Å². The maximum atomic E-state index is 14.0. The van der Waals surface area contributed by atoms with E-state index in [4.69, 9.17) is 4.74 Å². The normalized spacial score (nSPS) is 14.9. The molecule has 0 radical (unpaired) electrons. The number of para-hydroxylation sites is 1. The van der Waals surface area contributed by atoms with Crippen molar-refractivity contribution in [3.8, 4) is 11.6 Å². The molecule has 0 unspecified atom stereocenters. The third-order valence-electron chi connectivity index (χ3n) is 5.00. The molecule has 1 aliphatic heterocycles. The van der Waals surface area contributed by atoms with Crippen molar-refractivity contribution in [3.63, 3.8) is 0 Å². The topological polar surface area (TPSA) is 79.8 Å². The lowest BCUT2D eigenvalue weighted by Crippen LogP contribution is -2.50. The van der Waals surface area contributed by atoms with Gasteiger partial charge in [-0.1, -0.05) is 18.2 Å². The Hall–Kier alpha value is -3.37. The van der Waals surface area contributed by atoms with Crippen LogP contribution < -0.4 is 4.74 Å². The molecule has 166 valence electrons. The maximum Gasteiger partial charge on any atom is 0.259 e. The highest BCUT2D eigenvalue weighted by atomic mass is 32.2. The van der Waals surface area contributed by atoms with Crippen LogP contribution in [0.25, 0.3) is 0 Å². The zero-order chi connectivity index (χ0) is 22.7. The fraction of sp³-hybridized carbons (Fsp3) is 0.182. The highest BCUT2D eigenvalue weighted by Crippen LogP contribution is 2.25. The summed E-state index contributed by atoms with van der Waals surface area (Å²) in [5.41, 5.74) is 0.247. The number of carbonyl (C=O) groups is 1. The second-order valence-electron chi connectivity index (χ2n) is 7.04. The van der Waals surface area contributed by atoms with Gasteiger partial charge in [-0.3, -0.25) is 4.79 Å². The average Bonchev–Trinajstić information content (AvgIpc) is 2.79. The van der Waals surface area contributed by atoms with E-state index in [1.807, 2.05) is 6.07 Å². The van der Waals surface area contributed by atoms with Crippen LogP contribution in [0, 0.1) is 11.6 Å². The quantitative estimate of drug-likeness (QED) is 0.585. The Kier molecular flexibility index (Phi) is 6.15. The fourth-order valence-corrected chi connectivity index (χ4v) is 4.83. The summed E-state index contributed by atoms with van der Waals surface area (Å²) in [4.78, 5) is 18.1. The molecular weight excluding hydrogens is 440 g/mol. The maximum absolute atomic E-state index is 14.0. The molecule has 10 heteroatoms. The van der Waals surface area contributed by atoms with E-state index in [2.05, 4.69) is 4.98 Å². The minimum Gasteiger partial charge on any atom is -0.438 e. The van der Waals surface area contributed by atoms with Crippen LogP contribution in [0.15, 0.2) is 71.8 Å². The van der Waals surface area contributed by atoms with Gasteiger partial charge in [0.1, 0.15) is 27.8 Å². The Labute approximate surface area is 183 Å². The molecule has 3 aromatic rings. The van der Waals surface area contributed by atoms with E-state index in [0.29, 0.717) is 11.8 Å². The van der Waals surface area contributed by atoms with E-state index in [-0.39, 0.29) is 43.5 Å². The fourth-order valence-electron chi connectivity index (χ4n) is 3.36. The van der Waals surface area contributed by atoms with Gasteiger partial charge in [-0.25, -0.2) is 22.2 Å². The van der Waals surface area contributed by atoms with E-state index >= 15 is 0 Å². The van der Waals surface area contributed by atoms with Gasteiger partial charge in [-0.05, 0) is 36.4 Å². The van der Waals surface area contributed by atoms with E-state index in [1.165, 1.54) is 11.1 Å². The van der Waals surface area contributed by atoms with Gasteiger partial charge in [0.2, 0.25) is 15.9 Å². The summed E-state index contributed by atoms with van der Waals surface area (Å²) < 4.78 is 59.5. The molecule has 0 spiro atoms. The summed E-state index contributed by atoms with van der Waals surface area (Å²) in [6, 6.07) is 14.4. The number of pyridine rings is 1. The summed E-state index contributed by atoms with van der Waals surface area (Å²) in [5.74, 6) is -1.69. The van der Waals surface area contributed by atoms with Crippen LogP contribution in [-0.2, 0) is 10.0 Å². The zero-order valence-electron chi connectivity index (χ0n) is 16.8. The molecule has 2 aromatic carbocycles. The monoisotopic (exact) mass is 459 g/mol. The van der Waals surface area contributed by atoms with Crippen LogP contribution >= 0.6 is 0 Å². The number of benzene rings is 2. The van der Waals surface area contributed by atoms with Crippen molar-refractivity contribution in [1.82, 2.24) is 14.2 Å². The number of piperazine rings is 1. The SMILES string of the molecule is O=C(c1cccnc1Oc1ccccc1)N1CCN(S(=O)(=O)c2ccc(F)cc2F)CC1. The summed E-state index contributed by atoms with van der Waals surface area (Å²) in [5, 5.41) is 0.